The molecule has 0 saturated heterocycles. The second-order valence-corrected chi connectivity index (χ2v) is 6.01. The van der Waals surface area contributed by atoms with Gasteiger partial charge < -0.3 is 15.0 Å². The highest BCUT2D eigenvalue weighted by atomic mass is 19.4. The van der Waals surface area contributed by atoms with Gasteiger partial charge in [0.2, 0.25) is 5.43 Å². The first-order chi connectivity index (χ1) is 13.7. The van der Waals surface area contributed by atoms with Crippen molar-refractivity contribution in [1.29, 1.82) is 0 Å². The molecule has 0 bridgehead atoms. The molecule has 0 aliphatic carbocycles. The van der Waals surface area contributed by atoms with Crippen LogP contribution in [0.4, 0.5) is 18.9 Å². The maximum absolute atomic E-state index is 13.1. The number of benzene rings is 2. The minimum absolute atomic E-state index is 0.220. The van der Waals surface area contributed by atoms with Crippen molar-refractivity contribution in [2.45, 2.75) is 13.1 Å². The molecule has 0 aliphatic rings. The van der Waals surface area contributed by atoms with Crippen LogP contribution in [-0.2, 0) is 10.9 Å². The van der Waals surface area contributed by atoms with Gasteiger partial charge in [-0.3, -0.25) is 9.59 Å². The van der Waals surface area contributed by atoms with Gasteiger partial charge in [-0.15, -0.1) is 0 Å². The quantitative estimate of drug-likeness (QED) is 0.644. The van der Waals surface area contributed by atoms with Crippen LogP contribution in [0, 0.1) is 0 Å². The maximum Gasteiger partial charge on any atom is 0.418 e. The number of amides is 1. The number of esters is 1. The lowest BCUT2D eigenvalue weighted by Crippen LogP contribution is -2.22. The summed E-state index contributed by atoms with van der Waals surface area (Å²) < 4.78 is 44.2. The highest BCUT2D eigenvalue weighted by Gasteiger charge is 2.33. The van der Waals surface area contributed by atoms with E-state index in [9.17, 15) is 27.6 Å². The van der Waals surface area contributed by atoms with E-state index in [-0.39, 0.29) is 28.6 Å². The number of alkyl halides is 3. The molecular weight excluding hydrogens is 389 g/mol. The Kier molecular flexibility index (Phi) is 5.40. The summed E-state index contributed by atoms with van der Waals surface area (Å²) in [6, 6.07) is 8.94. The molecule has 3 rings (SSSR count). The van der Waals surface area contributed by atoms with Crippen molar-refractivity contribution in [2.24, 2.45) is 0 Å². The fourth-order valence-corrected chi connectivity index (χ4v) is 2.76. The lowest BCUT2D eigenvalue weighted by atomic mass is 10.1. The third-order valence-corrected chi connectivity index (χ3v) is 4.12. The number of fused-ring (bicyclic) bond motifs is 1. The Bertz CT molecular complexity index is 1140. The Morgan fingerprint density at radius 2 is 1.79 bits per heavy atom. The Labute approximate surface area is 162 Å². The number of nitrogens with one attached hydrogen (secondary N) is 2. The zero-order chi connectivity index (χ0) is 21.2. The highest BCUT2D eigenvalue weighted by Crippen LogP contribution is 2.33. The van der Waals surface area contributed by atoms with Crippen LogP contribution in [0.1, 0.15) is 33.2 Å². The molecule has 0 spiro atoms. The summed E-state index contributed by atoms with van der Waals surface area (Å²) in [5, 5.41) is 2.23. The molecule has 3 aromatic rings. The van der Waals surface area contributed by atoms with Crippen molar-refractivity contribution < 1.29 is 27.5 Å². The SMILES string of the molecule is CCOC(=O)c1ccc(NC(=O)c2c[nH]c3c(C(F)(F)F)cccc3c2=O)cc1. The van der Waals surface area contributed by atoms with Crippen molar-refractivity contribution in [3.63, 3.8) is 0 Å². The first-order valence-electron chi connectivity index (χ1n) is 8.52. The van der Waals surface area contributed by atoms with Gasteiger partial charge in [-0.05, 0) is 43.3 Å². The third kappa shape index (κ3) is 4.13. The van der Waals surface area contributed by atoms with E-state index in [4.69, 9.17) is 4.74 Å². The minimum atomic E-state index is -4.65. The monoisotopic (exact) mass is 404 g/mol. The number of aromatic amines is 1. The zero-order valence-corrected chi connectivity index (χ0v) is 15.1. The average molecular weight is 404 g/mol. The third-order valence-electron chi connectivity index (χ3n) is 4.12. The molecule has 6 nitrogen and oxygen atoms in total. The average Bonchev–Trinajstić information content (AvgIpc) is 2.68. The molecule has 0 radical (unpaired) electrons. The van der Waals surface area contributed by atoms with Crippen molar-refractivity contribution >= 4 is 28.5 Å². The van der Waals surface area contributed by atoms with Crippen LogP contribution in [-0.4, -0.2) is 23.5 Å². The van der Waals surface area contributed by atoms with Gasteiger partial charge in [0.05, 0.1) is 23.3 Å². The van der Waals surface area contributed by atoms with Gasteiger partial charge in [-0.25, -0.2) is 4.79 Å². The minimum Gasteiger partial charge on any atom is -0.462 e. The molecule has 1 heterocycles. The Morgan fingerprint density at radius 1 is 1.10 bits per heavy atom. The van der Waals surface area contributed by atoms with Crippen LogP contribution in [0.3, 0.4) is 0 Å². The van der Waals surface area contributed by atoms with Crippen LogP contribution < -0.4 is 10.7 Å². The topological polar surface area (TPSA) is 88.3 Å². The molecule has 150 valence electrons. The number of hydrogen-bond donors (Lipinski definition) is 2. The van der Waals surface area contributed by atoms with Crippen molar-refractivity contribution in [3.8, 4) is 0 Å². The fourth-order valence-electron chi connectivity index (χ4n) is 2.76. The summed E-state index contributed by atoms with van der Waals surface area (Å²) in [6.45, 7) is 1.89. The predicted octanol–water partition coefficient (Wildman–Crippen LogP) is 3.98. The number of carbonyl (C=O) groups is 2. The van der Waals surface area contributed by atoms with Crippen LogP contribution in [0.15, 0.2) is 53.5 Å². The van der Waals surface area contributed by atoms with Gasteiger partial charge in [0.25, 0.3) is 5.91 Å². The van der Waals surface area contributed by atoms with E-state index < -0.39 is 29.0 Å². The number of aromatic nitrogens is 1. The second-order valence-electron chi connectivity index (χ2n) is 6.01. The number of para-hydroxylation sites is 1. The van der Waals surface area contributed by atoms with E-state index in [1.54, 1.807) is 6.92 Å². The molecule has 0 atom stereocenters. The number of hydrogen-bond acceptors (Lipinski definition) is 4. The first kappa shape index (κ1) is 20.1. The van der Waals surface area contributed by atoms with Crippen LogP contribution >= 0.6 is 0 Å². The fraction of sp³-hybridized carbons (Fsp3) is 0.150. The lowest BCUT2D eigenvalue weighted by molar-refractivity contribution is -0.136. The largest absolute Gasteiger partial charge is 0.462 e. The van der Waals surface area contributed by atoms with Crippen molar-refractivity contribution in [1.82, 2.24) is 4.98 Å². The second kappa shape index (κ2) is 7.78. The lowest BCUT2D eigenvalue weighted by Gasteiger charge is -2.11. The van der Waals surface area contributed by atoms with E-state index in [1.807, 2.05) is 0 Å². The molecule has 29 heavy (non-hydrogen) atoms. The number of ether oxygens (including phenoxy) is 1. The molecule has 0 unspecified atom stereocenters. The molecule has 1 amide bonds. The number of rotatable bonds is 4. The summed E-state index contributed by atoms with van der Waals surface area (Å²) in [7, 11) is 0. The summed E-state index contributed by atoms with van der Waals surface area (Å²) in [6.07, 6.45) is -3.70. The summed E-state index contributed by atoms with van der Waals surface area (Å²) in [4.78, 5) is 39.0. The molecule has 2 aromatic carbocycles. The van der Waals surface area contributed by atoms with E-state index >= 15 is 0 Å². The molecule has 0 fully saturated rings. The Morgan fingerprint density at radius 3 is 2.41 bits per heavy atom. The van der Waals surface area contributed by atoms with Gasteiger partial charge in [0.1, 0.15) is 5.56 Å². The van der Waals surface area contributed by atoms with Gasteiger partial charge in [-0.2, -0.15) is 13.2 Å². The number of anilines is 1. The highest BCUT2D eigenvalue weighted by molar-refractivity contribution is 6.06. The van der Waals surface area contributed by atoms with E-state index in [0.717, 1.165) is 18.3 Å². The van der Waals surface area contributed by atoms with Gasteiger partial charge >= 0.3 is 12.1 Å². The zero-order valence-electron chi connectivity index (χ0n) is 15.1. The van der Waals surface area contributed by atoms with Crippen LogP contribution in [0.2, 0.25) is 0 Å². The van der Waals surface area contributed by atoms with Gasteiger partial charge in [0.15, 0.2) is 0 Å². The predicted molar refractivity (Wildman–Crippen MR) is 99.9 cm³/mol. The molecule has 2 N–H and O–H groups in total. The number of carbonyl (C=O) groups excluding carboxylic acids is 2. The number of H-pyrrole nitrogens is 1. The smallest absolute Gasteiger partial charge is 0.418 e. The number of halogens is 3. The van der Waals surface area contributed by atoms with E-state index in [1.165, 1.54) is 30.3 Å². The normalized spacial score (nSPS) is 11.3. The molecule has 0 saturated carbocycles. The summed E-state index contributed by atoms with van der Waals surface area (Å²) in [5.74, 6) is -1.31. The Hall–Kier alpha value is -3.62. The van der Waals surface area contributed by atoms with Gasteiger partial charge in [-0.1, -0.05) is 6.07 Å². The first-order valence-corrected chi connectivity index (χ1v) is 8.52. The van der Waals surface area contributed by atoms with Gasteiger partial charge in [0, 0.05) is 17.3 Å². The molecule has 9 heteroatoms. The maximum atomic E-state index is 13.1. The summed E-state index contributed by atoms with van der Waals surface area (Å²) >= 11 is 0. The van der Waals surface area contributed by atoms with Crippen molar-refractivity contribution in [3.05, 3.63) is 75.6 Å². The molecular formula is C20H15F3N2O4. The van der Waals surface area contributed by atoms with Crippen LogP contribution in [0.25, 0.3) is 10.9 Å². The Balaban J connectivity index is 1.89. The van der Waals surface area contributed by atoms with E-state index in [0.29, 0.717) is 5.69 Å². The van der Waals surface area contributed by atoms with E-state index in [2.05, 4.69) is 10.3 Å². The standard InChI is InChI=1S/C20H15F3N2O4/c1-2-29-19(28)11-6-8-12(9-7-11)25-18(27)14-10-24-16-13(17(14)26)4-3-5-15(16)20(21,22)23/h3-10H,2H2,1H3,(H,24,26)(H,25,27). The molecule has 1 aromatic heterocycles. The molecule has 0 aliphatic heterocycles. The summed E-state index contributed by atoms with van der Waals surface area (Å²) in [5.41, 5.74) is -1.97. The van der Waals surface area contributed by atoms with Crippen molar-refractivity contribution in [2.75, 3.05) is 11.9 Å². The van der Waals surface area contributed by atoms with Crippen LogP contribution in [0.5, 0.6) is 0 Å². The number of pyridine rings is 1.